The fourth-order valence-corrected chi connectivity index (χ4v) is 1.83. The summed E-state index contributed by atoms with van der Waals surface area (Å²) in [5, 5.41) is 1.26. The van der Waals surface area contributed by atoms with Crippen molar-refractivity contribution < 1.29 is 4.79 Å². The van der Waals surface area contributed by atoms with E-state index in [0.29, 0.717) is 6.42 Å². The molecule has 0 saturated heterocycles. The zero-order chi connectivity index (χ0) is 10.7. The molecule has 0 aliphatic carbocycles. The lowest BCUT2D eigenvalue weighted by Crippen LogP contribution is -1.98. The number of hydrogen-bond acceptors (Lipinski definition) is 1. The second kappa shape index (κ2) is 4.30. The van der Waals surface area contributed by atoms with Gasteiger partial charge in [0.2, 0.25) is 0 Å². The van der Waals surface area contributed by atoms with Crippen LogP contribution in [-0.2, 0) is 11.3 Å². The van der Waals surface area contributed by atoms with E-state index in [-0.39, 0.29) is 5.78 Å². The second-order valence-electron chi connectivity index (χ2n) is 3.87. The van der Waals surface area contributed by atoms with Gasteiger partial charge in [-0.2, -0.15) is 0 Å². The van der Waals surface area contributed by atoms with Gasteiger partial charge < -0.3 is 9.36 Å². The fourth-order valence-electron chi connectivity index (χ4n) is 1.83. The van der Waals surface area contributed by atoms with Crippen LogP contribution in [0.4, 0.5) is 0 Å². The molecular weight excluding hydrogens is 186 g/mol. The van der Waals surface area contributed by atoms with Gasteiger partial charge in [-0.15, -0.1) is 0 Å². The lowest BCUT2D eigenvalue weighted by Gasteiger charge is -2.03. The normalized spacial score (nSPS) is 10.7. The van der Waals surface area contributed by atoms with Crippen molar-refractivity contribution in [3.63, 3.8) is 0 Å². The molecule has 0 aliphatic rings. The van der Waals surface area contributed by atoms with Crippen LogP contribution in [0.15, 0.2) is 36.5 Å². The zero-order valence-corrected chi connectivity index (χ0v) is 8.94. The minimum absolute atomic E-state index is 0.270. The summed E-state index contributed by atoms with van der Waals surface area (Å²) in [4.78, 5) is 10.8. The Kier molecular flexibility index (Phi) is 2.86. The van der Waals surface area contributed by atoms with Crippen molar-refractivity contribution in [1.29, 1.82) is 0 Å². The molecule has 15 heavy (non-hydrogen) atoms. The molecule has 1 heterocycles. The van der Waals surface area contributed by atoms with Crippen molar-refractivity contribution in [2.24, 2.45) is 0 Å². The first-order valence-electron chi connectivity index (χ1n) is 5.31. The molecule has 0 spiro atoms. The van der Waals surface area contributed by atoms with Crippen LogP contribution in [0.3, 0.4) is 0 Å². The molecule has 0 N–H and O–H groups in total. The Labute approximate surface area is 89.5 Å². The fraction of sp³-hybridized carbons (Fsp3) is 0.308. The van der Waals surface area contributed by atoms with E-state index < -0.39 is 0 Å². The van der Waals surface area contributed by atoms with E-state index in [1.165, 1.54) is 10.9 Å². The predicted octanol–water partition coefficient (Wildman–Crippen LogP) is 3.01. The molecule has 0 unspecified atom stereocenters. The van der Waals surface area contributed by atoms with Gasteiger partial charge in [0, 0.05) is 24.7 Å². The molecule has 0 atom stereocenters. The number of rotatable bonds is 4. The van der Waals surface area contributed by atoms with Gasteiger partial charge in [-0.3, -0.25) is 0 Å². The van der Waals surface area contributed by atoms with Crippen molar-refractivity contribution in [3.8, 4) is 0 Å². The summed E-state index contributed by atoms with van der Waals surface area (Å²) in [7, 11) is 0. The van der Waals surface area contributed by atoms with E-state index >= 15 is 0 Å². The summed E-state index contributed by atoms with van der Waals surface area (Å²) in [6.07, 6.45) is 3.69. The molecule has 2 rings (SSSR count). The number of para-hydroxylation sites is 1. The third-order valence-corrected chi connectivity index (χ3v) is 2.61. The maximum absolute atomic E-state index is 10.8. The summed E-state index contributed by atoms with van der Waals surface area (Å²) in [5.74, 6) is 0.270. The minimum Gasteiger partial charge on any atom is -0.347 e. The van der Waals surface area contributed by atoms with E-state index in [1.54, 1.807) is 6.92 Å². The number of aromatic nitrogens is 1. The Bertz CT molecular complexity index is 470. The van der Waals surface area contributed by atoms with Gasteiger partial charge in [0.05, 0.1) is 0 Å². The number of nitrogens with zero attached hydrogens (tertiary/aromatic N) is 1. The Morgan fingerprint density at radius 3 is 2.87 bits per heavy atom. The number of ketones is 1. The number of carbonyl (C=O) groups excluding carboxylic acids is 1. The summed E-state index contributed by atoms with van der Waals surface area (Å²) in [6.45, 7) is 2.57. The molecule has 1 aromatic heterocycles. The summed E-state index contributed by atoms with van der Waals surface area (Å²) < 4.78 is 2.21. The lowest BCUT2D eigenvalue weighted by atomic mass is 10.2. The number of benzene rings is 1. The SMILES string of the molecule is CC(=O)CCCn1ccc2ccccc21. The second-order valence-corrected chi connectivity index (χ2v) is 3.87. The molecule has 2 aromatic rings. The van der Waals surface area contributed by atoms with Crippen LogP contribution >= 0.6 is 0 Å². The van der Waals surface area contributed by atoms with Crippen molar-refractivity contribution in [2.45, 2.75) is 26.3 Å². The third-order valence-electron chi connectivity index (χ3n) is 2.61. The predicted molar refractivity (Wildman–Crippen MR) is 61.9 cm³/mol. The molecule has 2 nitrogen and oxygen atoms in total. The molecule has 0 aliphatic heterocycles. The van der Waals surface area contributed by atoms with E-state index in [1.807, 2.05) is 12.1 Å². The summed E-state index contributed by atoms with van der Waals surface area (Å²) in [5.41, 5.74) is 1.25. The van der Waals surface area contributed by atoms with Crippen molar-refractivity contribution in [3.05, 3.63) is 36.5 Å². The molecule has 0 fully saturated rings. The molecule has 1 aromatic carbocycles. The highest BCUT2D eigenvalue weighted by molar-refractivity contribution is 5.80. The van der Waals surface area contributed by atoms with Gasteiger partial charge in [-0.25, -0.2) is 0 Å². The highest BCUT2D eigenvalue weighted by atomic mass is 16.1. The van der Waals surface area contributed by atoms with E-state index in [4.69, 9.17) is 0 Å². The van der Waals surface area contributed by atoms with E-state index in [0.717, 1.165) is 13.0 Å². The van der Waals surface area contributed by atoms with Crippen LogP contribution < -0.4 is 0 Å². The average molecular weight is 201 g/mol. The Morgan fingerprint density at radius 1 is 1.27 bits per heavy atom. The van der Waals surface area contributed by atoms with Gasteiger partial charge in [-0.05, 0) is 30.9 Å². The van der Waals surface area contributed by atoms with Gasteiger partial charge in [0.15, 0.2) is 0 Å². The van der Waals surface area contributed by atoms with Crippen LogP contribution in [-0.4, -0.2) is 10.4 Å². The highest BCUT2D eigenvalue weighted by Crippen LogP contribution is 2.15. The molecule has 2 heteroatoms. The lowest BCUT2D eigenvalue weighted by molar-refractivity contribution is -0.117. The van der Waals surface area contributed by atoms with Crippen molar-refractivity contribution >= 4 is 16.7 Å². The number of Topliss-reactive ketones (excluding diaryl/α,β-unsaturated/α-hetero) is 1. The Hall–Kier alpha value is -1.57. The molecular formula is C13H15NO. The Morgan fingerprint density at radius 2 is 2.07 bits per heavy atom. The first-order valence-corrected chi connectivity index (χ1v) is 5.31. The third kappa shape index (κ3) is 2.27. The molecule has 0 radical (unpaired) electrons. The smallest absolute Gasteiger partial charge is 0.129 e. The largest absolute Gasteiger partial charge is 0.347 e. The number of aryl methyl sites for hydroxylation is 1. The minimum atomic E-state index is 0.270. The van der Waals surface area contributed by atoms with E-state index in [9.17, 15) is 4.79 Å². The highest BCUT2D eigenvalue weighted by Gasteiger charge is 2.00. The van der Waals surface area contributed by atoms with Gasteiger partial charge in [0.25, 0.3) is 0 Å². The molecule has 0 saturated carbocycles. The van der Waals surface area contributed by atoms with Crippen LogP contribution in [0.1, 0.15) is 19.8 Å². The van der Waals surface area contributed by atoms with Crippen LogP contribution in [0.25, 0.3) is 10.9 Å². The summed E-state index contributed by atoms with van der Waals surface area (Å²) >= 11 is 0. The maximum Gasteiger partial charge on any atom is 0.129 e. The quantitative estimate of drug-likeness (QED) is 0.745. The number of hydrogen-bond donors (Lipinski definition) is 0. The average Bonchev–Trinajstić information content (AvgIpc) is 2.62. The van der Waals surface area contributed by atoms with Crippen molar-refractivity contribution in [1.82, 2.24) is 4.57 Å². The first kappa shape index (κ1) is 9.97. The molecule has 78 valence electrons. The monoisotopic (exact) mass is 201 g/mol. The van der Waals surface area contributed by atoms with Crippen LogP contribution in [0.2, 0.25) is 0 Å². The zero-order valence-electron chi connectivity index (χ0n) is 8.94. The molecule has 0 bridgehead atoms. The summed E-state index contributed by atoms with van der Waals surface area (Å²) in [6, 6.07) is 10.4. The Balaban J connectivity index is 2.11. The van der Waals surface area contributed by atoms with E-state index in [2.05, 4.69) is 29.0 Å². The standard InChI is InChI=1S/C13H15NO/c1-11(15)5-4-9-14-10-8-12-6-2-3-7-13(12)14/h2-3,6-8,10H,4-5,9H2,1H3. The molecule has 0 amide bonds. The maximum atomic E-state index is 10.8. The van der Waals surface area contributed by atoms with Crippen LogP contribution in [0, 0.1) is 0 Å². The number of fused-ring (bicyclic) bond motifs is 1. The van der Waals surface area contributed by atoms with Crippen molar-refractivity contribution in [2.75, 3.05) is 0 Å². The first-order chi connectivity index (χ1) is 7.27. The topological polar surface area (TPSA) is 22.0 Å². The van der Waals surface area contributed by atoms with Crippen LogP contribution in [0.5, 0.6) is 0 Å². The van der Waals surface area contributed by atoms with Gasteiger partial charge in [0.1, 0.15) is 5.78 Å². The van der Waals surface area contributed by atoms with Gasteiger partial charge in [-0.1, -0.05) is 18.2 Å². The van der Waals surface area contributed by atoms with Gasteiger partial charge >= 0.3 is 0 Å². The number of carbonyl (C=O) groups is 1.